The van der Waals surface area contributed by atoms with Gasteiger partial charge in [0.15, 0.2) is 0 Å². The van der Waals surface area contributed by atoms with Crippen molar-refractivity contribution in [2.75, 3.05) is 6.54 Å². The molecule has 11 heteroatoms. The quantitative estimate of drug-likeness (QED) is 0.347. The number of alkyl halides is 3. The van der Waals surface area contributed by atoms with Gasteiger partial charge in [-0.2, -0.15) is 22.6 Å². The largest absolute Gasteiger partial charge is 0.416 e. The molecule has 1 fully saturated rings. The number of fused-ring (bicyclic) bond motifs is 3. The van der Waals surface area contributed by atoms with Gasteiger partial charge in [0.25, 0.3) is 0 Å². The number of sulfonamides is 1. The molecule has 6 rings (SSSR count). The van der Waals surface area contributed by atoms with Crippen LogP contribution in [0, 0.1) is 0 Å². The number of benzene rings is 3. The van der Waals surface area contributed by atoms with Gasteiger partial charge in [0, 0.05) is 30.9 Å². The van der Waals surface area contributed by atoms with Crippen molar-refractivity contribution in [3.63, 3.8) is 0 Å². The van der Waals surface area contributed by atoms with Crippen LogP contribution in [0.15, 0.2) is 83.9 Å². The molecule has 0 bridgehead atoms. The number of aromatic nitrogens is 3. The highest BCUT2D eigenvalue weighted by Gasteiger charge is 2.40. The number of aryl methyl sites for hydroxylation is 1. The van der Waals surface area contributed by atoms with Gasteiger partial charge in [-0.3, -0.25) is 4.68 Å². The van der Waals surface area contributed by atoms with Crippen LogP contribution in [0.25, 0.3) is 27.6 Å². The van der Waals surface area contributed by atoms with Gasteiger partial charge in [-0.15, -0.1) is 0 Å². The van der Waals surface area contributed by atoms with E-state index in [0.717, 1.165) is 17.7 Å². The summed E-state index contributed by atoms with van der Waals surface area (Å²) in [4.78, 5) is 0.0529. The van der Waals surface area contributed by atoms with Gasteiger partial charge in [-0.05, 0) is 54.4 Å². The average molecular weight is 541 g/mol. The summed E-state index contributed by atoms with van der Waals surface area (Å²) in [6.07, 6.45) is -3.21. The van der Waals surface area contributed by atoms with E-state index in [2.05, 4.69) is 5.10 Å². The summed E-state index contributed by atoms with van der Waals surface area (Å²) < 4.78 is 71.7. The van der Waals surface area contributed by atoms with Crippen LogP contribution < -0.4 is 0 Å². The van der Waals surface area contributed by atoms with Crippen LogP contribution in [0.4, 0.5) is 13.2 Å². The number of nitrogens with zero attached hydrogens (tertiary/aromatic N) is 4. The minimum Gasteiger partial charge on any atom is -0.392 e. The molecule has 0 aliphatic carbocycles. The fraction of sp³-hybridized carbons (Fsp3) is 0.222. The predicted octanol–water partition coefficient (Wildman–Crippen LogP) is 5.03. The first-order valence-electron chi connectivity index (χ1n) is 11.9. The Labute approximate surface area is 216 Å². The molecule has 38 heavy (non-hydrogen) atoms. The standard InChI is InChI=1S/C27H23F3N4O3S/c1-32-16-25-26(31-32)22-14-21(11-12-23(22)34(25)19-9-7-18(8-10-19)27(28,29)30)38(36,37)33-15-20(35)13-24(33)17-5-3-2-4-6-17/h2-12,14,16,20,24,35H,13,15H2,1H3/t20-,24+/m0/s1. The first-order chi connectivity index (χ1) is 18.0. The zero-order valence-corrected chi connectivity index (χ0v) is 21.0. The molecular weight excluding hydrogens is 517 g/mol. The van der Waals surface area contributed by atoms with E-state index in [-0.39, 0.29) is 11.4 Å². The average Bonchev–Trinajstić information content (AvgIpc) is 3.55. The van der Waals surface area contributed by atoms with E-state index < -0.39 is 33.9 Å². The van der Waals surface area contributed by atoms with Crippen molar-refractivity contribution in [2.45, 2.75) is 29.6 Å². The molecule has 0 amide bonds. The number of hydrogen-bond acceptors (Lipinski definition) is 4. The number of rotatable bonds is 4. The molecule has 2 atom stereocenters. The Hall–Kier alpha value is -3.67. The van der Waals surface area contributed by atoms with Gasteiger partial charge in [0.1, 0.15) is 5.52 Å². The molecule has 1 N–H and O–H groups in total. The van der Waals surface area contributed by atoms with Crippen LogP contribution in [0.3, 0.4) is 0 Å². The summed E-state index contributed by atoms with van der Waals surface area (Å²) in [5.41, 5.74) is 2.32. The van der Waals surface area contributed by atoms with Crippen LogP contribution >= 0.6 is 0 Å². The second-order valence-electron chi connectivity index (χ2n) is 9.49. The lowest BCUT2D eigenvalue weighted by Gasteiger charge is -2.24. The van der Waals surface area contributed by atoms with Crippen molar-refractivity contribution in [1.29, 1.82) is 0 Å². The van der Waals surface area contributed by atoms with E-state index in [4.69, 9.17) is 0 Å². The fourth-order valence-corrected chi connectivity index (χ4v) is 6.95. The van der Waals surface area contributed by atoms with Gasteiger partial charge < -0.3 is 9.67 Å². The van der Waals surface area contributed by atoms with Crippen molar-refractivity contribution < 1.29 is 26.7 Å². The summed E-state index contributed by atoms with van der Waals surface area (Å²) in [6.45, 7) is -0.0223. The SMILES string of the molecule is Cn1cc2c(n1)c1cc(S(=O)(=O)N3C[C@@H](O)C[C@@H]3c3ccccc3)ccc1n2-c1ccc(C(F)(F)F)cc1. The lowest BCUT2D eigenvalue weighted by atomic mass is 10.1. The van der Waals surface area contributed by atoms with Crippen LogP contribution in [-0.2, 0) is 23.2 Å². The molecule has 5 aromatic rings. The lowest BCUT2D eigenvalue weighted by Crippen LogP contribution is -2.31. The Morgan fingerprint density at radius 1 is 0.974 bits per heavy atom. The third-order valence-electron chi connectivity index (χ3n) is 6.99. The maximum absolute atomic E-state index is 13.8. The third kappa shape index (κ3) is 3.98. The Morgan fingerprint density at radius 3 is 2.37 bits per heavy atom. The molecule has 3 heterocycles. The summed E-state index contributed by atoms with van der Waals surface area (Å²) in [7, 11) is -2.27. The highest BCUT2D eigenvalue weighted by atomic mass is 32.2. The summed E-state index contributed by atoms with van der Waals surface area (Å²) >= 11 is 0. The zero-order chi connectivity index (χ0) is 26.8. The molecule has 1 aliphatic heterocycles. The second kappa shape index (κ2) is 8.69. The highest BCUT2D eigenvalue weighted by molar-refractivity contribution is 7.89. The maximum Gasteiger partial charge on any atom is 0.416 e. The molecule has 2 aromatic heterocycles. The van der Waals surface area contributed by atoms with Gasteiger partial charge >= 0.3 is 6.18 Å². The van der Waals surface area contributed by atoms with Crippen LogP contribution in [-0.4, -0.2) is 44.8 Å². The van der Waals surface area contributed by atoms with Crippen LogP contribution in [0.5, 0.6) is 0 Å². The van der Waals surface area contributed by atoms with E-state index in [1.807, 2.05) is 30.3 Å². The molecular formula is C27H23F3N4O3S. The first kappa shape index (κ1) is 24.7. The fourth-order valence-electron chi connectivity index (χ4n) is 5.26. The smallest absolute Gasteiger partial charge is 0.392 e. The van der Waals surface area contributed by atoms with Gasteiger partial charge in [-0.25, -0.2) is 8.42 Å². The molecule has 0 spiro atoms. The molecule has 0 unspecified atom stereocenters. The Kier molecular flexibility index (Phi) is 5.64. The van der Waals surface area contributed by atoms with Gasteiger partial charge in [0.2, 0.25) is 10.0 Å². The number of hydrogen-bond donors (Lipinski definition) is 1. The number of aliphatic hydroxyl groups excluding tert-OH is 1. The third-order valence-corrected chi connectivity index (χ3v) is 8.86. The Bertz CT molecular complexity index is 1760. The Morgan fingerprint density at radius 2 is 1.68 bits per heavy atom. The van der Waals surface area contributed by atoms with Crippen LogP contribution in [0.2, 0.25) is 0 Å². The molecule has 1 aliphatic rings. The number of halogens is 3. The minimum absolute atomic E-state index is 0.0223. The monoisotopic (exact) mass is 540 g/mol. The normalized spacial score (nSPS) is 19.1. The van der Waals surface area contributed by atoms with Crippen molar-refractivity contribution >= 4 is 32.0 Å². The Balaban J connectivity index is 1.48. The second-order valence-corrected chi connectivity index (χ2v) is 11.4. The van der Waals surface area contributed by atoms with E-state index in [1.165, 1.54) is 22.5 Å². The van der Waals surface area contributed by atoms with Crippen molar-refractivity contribution in [1.82, 2.24) is 18.7 Å². The molecule has 7 nitrogen and oxygen atoms in total. The molecule has 196 valence electrons. The van der Waals surface area contributed by atoms with Gasteiger partial charge in [-0.1, -0.05) is 30.3 Å². The predicted molar refractivity (Wildman–Crippen MR) is 136 cm³/mol. The minimum atomic E-state index is -4.45. The summed E-state index contributed by atoms with van der Waals surface area (Å²) in [5.74, 6) is 0. The van der Waals surface area contributed by atoms with Gasteiger partial charge in [0.05, 0.1) is 33.6 Å². The van der Waals surface area contributed by atoms with E-state index in [1.54, 1.807) is 34.6 Å². The number of β-amino-alcohol motifs (C(OH)–C–C–N with tert-alkyl or cyclic N) is 1. The molecule has 3 aromatic carbocycles. The summed E-state index contributed by atoms with van der Waals surface area (Å²) in [5, 5.41) is 15.4. The van der Waals surface area contributed by atoms with Crippen molar-refractivity contribution in [2.24, 2.45) is 7.05 Å². The number of aliphatic hydroxyl groups is 1. The molecule has 0 radical (unpaired) electrons. The van der Waals surface area contributed by atoms with Crippen LogP contribution in [0.1, 0.15) is 23.6 Å². The zero-order valence-electron chi connectivity index (χ0n) is 20.2. The first-order valence-corrected chi connectivity index (χ1v) is 13.4. The highest BCUT2D eigenvalue weighted by Crippen LogP contribution is 2.39. The topological polar surface area (TPSA) is 80.4 Å². The summed E-state index contributed by atoms with van der Waals surface area (Å²) in [6, 6.07) is 18.2. The van der Waals surface area contributed by atoms with E-state index in [9.17, 15) is 26.7 Å². The van der Waals surface area contributed by atoms with E-state index >= 15 is 0 Å². The molecule has 1 saturated heterocycles. The van der Waals surface area contributed by atoms with Crippen molar-refractivity contribution in [3.8, 4) is 5.69 Å². The lowest BCUT2D eigenvalue weighted by molar-refractivity contribution is -0.137. The maximum atomic E-state index is 13.8. The van der Waals surface area contributed by atoms with E-state index in [0.29, 0.717) is 34.0 Å². The van der Waals surface area contributed by atoms with Crippen molar-refractivity contribution in [3.05, 3.63) is 90.1 Å². The molecule has 0 saturated carbocycles.